The first-order chi connectivity index (χ1) is 25.1. The summed E-state index contributed by atoms with van der Waals surface area (Å²) in [5.41, 5.74) is 29.3. The number of amides is 4. The van der Waals surface area contributed by atoms with Gasteiger partial charge in [0.2, 0.25) is 23.6 Å². The molecule has 18 nitrogen and oxygen atoms in total. The lowest BCUT2D eigenvalue weighted by molar-refractivity contribution is -0.144. The van der Waals surface area contributed by atoms with E-state index < -0.39 is 65.7 Å². The Bertz CT molecular complexity index is 1590. The monoisotopic (exact) mass is 742 g/mol. The fourth-order valence-electron chi connectivity index (χ4n) is 5.59. The Hall–Kier alpha value is -5.39. The van der Waals surface area contributed by atoms with Crippen LogP contribution >= 0.6 is 0 Å². The second-order valence-electron chi connectivity index (χ2n) is 13.3. The van der Waals surface area contributed by atoms with E-state index in [-0.39, 0.29) is 56.6 Å². The maximum Gasteiger partial charge on any atom is 0.326 e. The van der Waals surface area contributed by atoms with Gasteiger partial charge >= 0.3 is 5.97 Å². The molecule has 0 saturated carbocycles. The highest BCUT2D eigenvalue weighted by Gasteiger charge is 2.34. The summed E-state index contributed by atoms with van der Waals surface area (Å²) >= 11 is 0. The van der Waals surface area contributed by atoms with E-state index in [1.807, 2.05) is 31.2 Å². The molecule has 0 bridgehead atoms. The van der Waals surface area contributed by atoms with E-state index in [1.165, 1.54) is 0 Å². The summed E-state index contributed by atoms with van der Waals surface area (Å²) in [5, 5.41) is 21.5. The lowest BCUT2D eigenvalue weighted by atomic mass is 9.96. The van der Waals surface area contributed by atoms with Crippen molar-refractivity contribution in [3.63, 3.8) is 0 Å². The summed E-state index contributed by atoms with van der Waals surface area (Å²) in [7, 11) is 0. The fourth-order valence-corrected chi connectivity index (χ4v) is 5.59. The number of carbonyl (C=O) groups excluding carboxylic acids is 4. The number of aromatic amines is 1. The highest BCUT2D eigenvalue weighted by molar-refractivity contribution is 5.96. The number of fused-ring (bicyclic) bond motifs is 1. The fraction of sp³-hybridized carbons (Fsp3) is 0.571. The Balaban J connectivity index is 2.42. The number of aromatic nitrogens is 1. The molecule has 0 aliphatic heterocycles. The number of hydrogen-bond donors (Lipinski definition) is 11. The third kappa shape index (κ3) is 14.3. The summed E-state index contributed by atoms with van der Waals surface area (Å²) in [4.78, 5) is 77.9. The number of nitrogens with one attached hydrogen (secondary N) is 5. The lowest BCUT2D eigenvalue weighted by Gasteiger charge is -2.29. The van der Waals surface area contributed by atoms with Gasteiger partial charge < -0.3 is 60.0 Å². The van der Waals surface area contributed by atoms with Gasteiger partial charge in [-0.1, -0.05) is 58.7 Å². The van der Waals surface area contributed by atoms with Crippen LogP contribution in [0, 0.1) is 11.8 Å². The second kappa shape index (κ2) is 21.9. The zero-order valence-electron chi connectivity index (χ0n) is 31.1. The average molecular weight is 743 g/mol. The Morgan fingerprint density at radius 1 is 0.736 bits per heavy atom. The van der Waals surface area contributed by atoms with Gasteiger partial charge in [0.15, 0.2) is 11.9 Å². The molecular formula is C35H58N12O6. The third-order valence-corrected chi connectivity index (χ3v) is 9.18. The molecule has 7 unspecified atom stereocenters. The molecule has 16 N–H and O–H groups in total. The van der Waals surface area contributed by atoms with Crippen molar-refractivity contribution in [1.29, 1.82) is 0 Å². The van der Waals surface area contributed by atoms with Gasteiger partial charge in [-0.25, -0.2) is 4.79 Å². The number of benzene rings is 1. The van der Waals surface area contributed by atoms with Gasteiger partial charge in [0.05, 0.1) is 6.04 Å². The number of nitrogens with two attached hydrogens (primary N) is 5. The summed E-state index contributed by atoms with van der Waals surface area (Å²) in [6, 6.07) is 1.80. The van der Waals surface area contributed by atoms with Crippen LogP contribution in [0.15, 0.2) is 40.4 Å². The van der Waals surface area contributed by atoms with Crippen molar-refractivity contribution in [3.05, 3.63) is 36.0 Å². The molecule has 2 aromatic rings. The van der Waals surface area contributed by atoms with Crippen molar-refractivity contribution in [3.8, 4) is 0 Å². The number of nitrogens with zero attached hydrogens (tertiary/aromatic N) is 2. The van der Waals surface area contributed by atoms with Crippen molar-refractivity contribution in [2.75, 3.05) is 13.1 Å². The van der Waals surface area contributed by atoms with Gasteiger partial charge in [0, 0.05) is 36.6 Å². The number of H-pyrrole nitrogens is 1. The molecule has 0 fully saturated rings. The van der Waals surface area contributed by atoms with E-state index in [1.54, 1.807) is 27.0 Å². The van der Waals surface area contributed by atoms with E-state index in [0.717, 1.165) is 10.9 Å². The van der Waals surface area contributed by atoms with E-state index in [4.69, 9.17) is 28.7 Å². The van der Waals surface area contributed by atoms with Crippen LogP contribution in [-0.2, 0) is 30.4 Å². The zero-order valence-corrected chi connectivity index (χ0v) is 31.1. The number of carbonyl (C=O) groups is 5. The topological polar surface area (TPSA) is 324 Å². The predicted molar refractivity (Wildman–Crippen MR) is 204 cm³/mol. The molecule has 18 heteroatoms. The molecule has 0 spiro atoms. The maximum atomic E-state index is 14.2. The van der Waals surface area contributed by atoms with Gasteiger partial charge in [-0.2, -0.15) is 0 Å². The number of hydrogen-bond acceptors (Lipinski definition) is 8. The highest BCUT2D eigenvalue weighted by atomic mass is 16.4. The molecule has 4 amide bonds. The van der Waals surface area contributed by atoms with Crippen LogP contribution in [0.4, 0.5) is 0 Å². The smallest absolute Gasteiger partial charge is 0.326 e. The van der Waals surface area contributed by atoms with Crippen molar-refractivity contribution in [2.24, 2.45) is 50.5 Å². The first-order valence-electron chi connectivity index (χ1n) is 17.9. The maximum absolute atomic E-state index is 14.2. The number of rotatable bonds is 23. The number of guanidine groups is 2. The normalized spacial score (nSPS) is 15.0. The molecule has 2 rings (SSSR count). The molecule has 53 heavy (non-hydrogen) atoms. The van der Waals surface area contributed by atoms with Gasteiger partial charge in [-0.3, -0.25) is 29.2 Å². The molecule has 1 aromatic carbocycles. The third-order valence-electron chi connectivity index (χ3n) is 9.18. The summed E-state index contributed by atoms with van der Waals surface area (Å²) < 4.78 is 0. The quantitative estimate of drug-likeness (QED) is 0.0383. The molecule has 7 atom stereocenters. The number of aliphatic carboxylic acids is 1. The minimum atomic E-state index is -1.23. The summed E-state index contributed by atoms with van der Waals surface area (Å²) in [6.45, 7) is 7.58. The molecule has 1 aromatic heterocycles. The molecule has 0 saturated heterocycles. The van der Waals surface area contributed by atoms with Crippen LogP contribution in [0.3, 0.4) is 0 Å². The highest BCUT2D eigenvalue weighted by Crippen LogP contribution is 2.20. The molecule has 0 aliphatic carbocycles. The number of carboxylic acids is 1. The van der Waals surface area contributed by atoms with Gasteiger partial charge in [0.1, 0.15) is 24.2 Å². The van der Waals surface area contributed by atoms with Crippen LogP contribution in [0.1, 0.15) is 71.8 Å². The van der Waals surface area contributed by atoms with Crippen molar-refractivity contribution >= 4 is 52.4 Å². The van der Waals surface area contributed by atoms with Gasteiger partial charge in [-0.05, 0) is 49.1 Å². The van der Waals surface area contributed by atoms with E-state index in [0.29, 0.717) is 24.8 Å². The Labute approximate surface area is 309 Å². The average Bonchev–Trinajstić information content (AvgIpc) is 3.53. The SMILES string of the molecule is CCC(C)C(NC(=O)C(CCCN=C(N)N)NC(=O)C(Cc1c[nH]c2ccccc12)NC(=O)C(NC(=O)C(N)CCCN=C(N)N)C(C)CC)C(=O)O. The number of para-hydroxylation sites is 1. The molecule has 0 radical (unpaired) electrons. The second-order valence-corrected chi connectivity index (χ2v) is 13.3. The van der Waals surface area contributed by atoms with Gasteiger partial charge in [0.25, 0.3) is 0 Å². The van der Waals surface area contributed by atoms with Crippen LogP contribution in [-0.4, -0.2) is 94.9 Å². The Morgan fingerprint density at radius 2 is 1.26 bits per heavy atom. The Morgan fingerprint density at radius 3 is 1.85 bits per heavy atom. The molecule has 1 heterocycles. The van der Waals surface area contributed by atoms with Gasteiger partial charge in [-0.15, -0.1) is 0 Å². The minimum absolute atomic E-state index is 0.0139. The first kappa shape index (κ1) is 43.8. The Kier molecular flexibility index (Phi) is 18.0. The van der Waals surface area contributed by atoms with Crippen molar-refractivity contribution in [2.45, 2.75) is 103 Å². The largest absolute Gasteiger partial charge is 0.480 e. The van der Waals surface area contributed by atoms with E-state index >= 15 is 0 Å². The summed E-state index contributed by atoms with van der Waals surface area (Å²) in [6.07, 6.45) is 3.76. The molecular weight excluding hydrogens is 684 g/mol. The van der Waals surface area contributed by atoms with Crippen molar-refractivity contribution in [1.82, 2.24) is 26.3 Å². The zero-order chi connectivity index (χ0) is 39.7. The molecule has 0 aliphatic rings. The van der Waals surface area contributed by atoms with E-state index in [9.17, 15) is 29.1 Å². The van der Waals surface area contributed by atoms with Crippen LogP contribution in [0.5, 0.6) is 0 Å². The lowest BCUT2D eigenvalue weighted by Crippen LogP contribution is -2.60. The first-order valence-corrected chi connectivity index (χ1v) is 17.9. The number of carboxylic acid groups (broad SMARTS) is 1. The van der Waals surface area contributed by atoms with Crippen LogP contribution < -0.4 is 49.9 Å². The van der Waals surface area contributed by atoms with Crippen LogP contribution in [0.25, 0.3) is 10.9 Å². The summed E-state index contributed by atoms with van der Waals surface area (Å²) in [5.74, 6) is -4.79. The standard InChI is InChI=1S/C35H58N12O6/c1-5-19(3)27(46-29(48)23(36)12-9-15-41-34(37)38)32(51)45-26(17-21-18-43-24-13-8-7-11-22(21)24)31(50)44-25(14-10-16-42-35(39)40)30(49)47-28(33(52)53)20(4)6-2/h7-8,11,13,18-20,23,25-28,43H,5-6,9-10,12,14-17,36H2,1-4H3,(H,44,50)(H,45,51)(H,46,48)(H,47,49)(H,52,53)(H4,37,38,41)(H4,39,40,42). The van der Waals surface area contributed by atoms with Crippen molar-refractivity contribution < 1.29 is 29.1 Å². The van der Waals surface area contributed by atoms with E-state index in [2.05, 4.69) is 36.2 Å². The minimum Gasteiger partial charge on any atom is -0.480 e. The van der Waals surface area contributed by atoms with Crippen LogP contribution in [0.2, 0.25) is 0 Å². The number of aliphatic imine (C=N–C) groups is 2. The predicted octanol–water partition coefficient (Wildman–Crippen LogP) is -0.739. The molecule has 294 valence electrons.